The first-order valence-corrected chi connectivity index (χ1v) is 13.5. The average molecular weight is 606 g/mol. The molecule has 3 N–H and O–H groups in total. The van der Waals surface area contributed by atoms with Crippen molar-refractivity contribution in [3.8, 4) is 5.75 Å². The van der Waals surface area contributed by atoms with E-state index < -0.39 is 20.1 Å². The van der Waals surface area contributed by atoms with Gasteiger partial charge in [-0.25, -0.2) is 9.78 Å². The fraction of sp³-hybridized carbons (Fsp3) is 0.250. The molecule has 0 saturated carbocycles. The number of H-pyrrole nitrogens is 1. The zero-order valence-electron chi connectivity index (χ0n) is 20.3. The summed E-state index contributed by atoms with van der Waals surface area (Å²) in [5, 5.41) is 0. The number of halogens is 1. The molecule has 0 spiro atoms. The minimum Gasteiger partial charge on any atom is -0.406 e. The molecule has 1 unspecified atom stereocenters. The Bertz CT molecular complexity index is 1430. The van der Waals surface area contributed by atoms with Crippen LogP contribution in [0.3, 0.4) is 0 Å². The lowest BCUT2D eigenvalue weighted by molar-refractivity contribution is 0.0244. The van der Waals surface area contributed by atoms with Crippen LogP contribution in [-0.4, -0.2) is 45.4 Å². The van der Waals surface area contributed by atoms with Gasteiger partial charge in [0.15, 0.2) is 11.2 Å². The molecule has 4 rings (SSSR count). The van der Waals surface area contributed by atoms with Crippen LogP contribution in [0.1, 0.15) is 11.1 Å². The lowest BCUT2D eigenvalue weighted by atomic mass is 10.2. The number of nitrogens with two attached hydrogens (primary N) is 1. The summed E-state index contributed by atoms with van der Waals surface area (Å²) >= 11 is 3.43. The summed E-state index contributed by atoms with van der Waals surface area (Å²) in [7, 11) is -1.59. The Kier molecular flexibility index (Phi) is 9.79. The Morgan fingerprint density at radius 2 is 2.00 bits per heavy atom. The van der Waals surface area contributed by atoms with Crippen molar-refractivity contribution in [1.29, 1.82) is 0 Å². The van der Waals surface area contributed by atoms with Crippen molar-refractivity contribution in [2.45, 2.75) is 20.1 Å². The number of ether oxygens (including phenoxy) is 3. The van der Waals surface area contributed by atoms with Crippen LogP contribution in [0, 0.1) is 6.92 Å². The first kappa shape index (κ1) is 27.7. The van der Waals surface area contributed by atoms with Crippen LogP contribution < -0.4 is 16.0 Å². The first-order chi connectivity index (χ1) is 18.4. The van der Waals surface area contributed by atoms with Crippen molar-refractivity contribution in [3.63, 3.8) is 0 Å². The summed E-state index contributed by atoms with van der Waals surface area (Å²) in [6, 6.07) is 14.6. The van der Waals surface area contributed by atoms with Crippen LogP contribution in [0.25, 0.3) is 11.2 Å². The maximum atomic E-state index is 12.0. The number of rotatable bonds is 12. The lowest BCUT2D eigenvalue weighted by Gasteiger charge is -2.18. The highest BCUT2D eigenvalue weighted by Crippen LogP contribution is 2.39. The van der Waals surface area contributed by atoms with Crippen LogP contribution in [0.4, 0.5) is 10.7 Å². The summed E-state index contributed by atoms with van der Waals surface area (Å²) in [5.74, 6) is 0.367. The number of nitrogens with one attached hydrogen (secondary N) is 1. The van der Waals surface area contributed by atoms with E-state index in [0.29, 0.717) is 17.9 Å². The third kappa shape index (κ3) is 8.07. The van der Waals surface area contributed by atoms with E-state index in [9.17, 15) is 9.59 Å². The number of hydrogen-bond acceptors (Lipinski definition) is 10. The van der Waals surface area contributed by atoms with Gasteiger partial charge in [-0.2, -0.15) is 4.98 Å². The molecule has 38 heavy (non-hydrogen) atoms. The average Bonchev–Trinajstić information content (AvgIpc) is 3.29. The molecule has 0 radical (unpaired) electrons. The van der Waals surface area contributed by atoms with Crippen molar-refractivity contribution in [3.05, 3.63) is 80.8 Å². The van der Waals surface area contributed by atoms with Gasteiger partial charge in [-0.15, -0.1) is 0 Å². The number of anilines is 1. The Hall–Kier alpha value is -3.35. The van der Waals surface area contributed by atoms with Crippen LogP contribution in [0.15, 0.2) is 64.1 Å². The number of aromatic nitrogens is 4. The predicted molar refractivity (Wildman–Crippen MR) is 143 cm³/mol. The summed E-state index contributed by atoms with van der Waals surface area (Å²) in [4.78, 5) is 34.6. The topological polar surface area (TPSA) is 153 Å². The molecule has 1 atom stereocenters. The maximum absolute atomic E-state index is 12.0. The van der Waals surface area contributed by atoms with Gasteiger partial charge in [0, 0.05) is 11.0 Å². The molecule has 12 nitrogen and oxygen atoms in total. The summed E-state index contributed by atoms with van der Waals surface area (Å²) < 4.78 is 30.1. The van der Waals surface area contributed by atoms with E-state index in [0.717, 1.165) is 15.6 Å². The standard InChI is InChI=1S/C24H25BrN5O7P/c1-16-5-7-19(8-6-16)37-24(32)34-14-36-38(35-12-17-3-2-4-18(25)11-17)15-33-10-9-30-13-27-20-21(30)28-23(26)29-22(20)31/h2-8,11,13H,9-10,12,14-15H2,1H3,(H3,26,28,29,31). The number of aromatic amines is 1. The summed E-state index contributed by atoms with van der Waals surface area (Å²) in [6.07, 6.45) is 0.694. The third-order valence-corrected chi connectivity index (χ3v) is 6.72. The van der Waals surface area contributed by atoms with Crippen molar-refractivity contribution in [2.24, 2.45) is 0 Å². The highest BCUT2D eigenvalue weighted by molar-refractivity contribution is 9.10. The monoisotopic (exact) mass is 605 g/mol. The number of fused-ring (bicyclic) bond motifs is 1. The molecular weight excluding hydrogens is 581 g/mol. The Morgan fingerprint density at radius 1 is 1.18 bits per heavy atom. The zero-order chi connectivity index (χ0) is 26.9. The van der Waals surface area contributed by atoms with Crippen LogP contribution in [0.2, 0.25) is 0 Å². The van der Waals surface area contributed by atoms with E-state index in [2.05, 4.69) is 30.9 Å². The highest BCUT2D eigenvalue weighted by atomic mass is 79.9. The highest BCUT2D eigenvalue weighted by Gasteiger charge is 2.15. The van der Waals surface area contributed by atoms with Gasteiger partial charge in [0.25, 0.3) is 5.56 Å². The second kappa shape index (κ2) is 13.4. The Labute approximate surface area is 227 Å². The first-order valence-electron chi connectivity index (χ1n) is 11.3. The van der Waals surface area contributed by atoms with Crippen molar-refractivity contribution >= 4 is 47.6 Å². The molecule has 0 amide bonds. The number of carbonyl (C=O) groups excluding carboxylic acids is 1. The predicted octanol–water partition coefficient (Wildman–Crippen LogP) is 4.47. The van der Waals surface area contributed by atoms with Crippen LogP contribution in [0.5, 0.6) is 5.75 Å². The molecule has 14 heteroatoms. The fourth-order valence-electron chi connectivity index (χ4n) is 3.19. The molecule has 0 fully saturated rings. The molecule has 0 saturated heterocycles. The zero-order valence-corrected chi connectivity index (χ0v) is 22.8. The molecular formula is C24H25BrN5O7P. The quantitative estimate of drug-likeness (QED) is 0.0777. The van der Waals surface area contributed by atoms with E-state index in [4.69, 9.17) is 29.0 Å². The number of aryl methyl sites for hydroxylation is 1. The number of imidazole rings is 1. The van der Waals surface area contributed by atoms with Gasteiger partial charge in [0.1, 0.15) is 12.1 Å². The normalized spacial score (nSPS) is 11.9. The molecule has 2 aromatic heterocycles. The Balaban J connectivity index is 1.28. The van der Waals surface area contributed by atoms with Gasteiger partial charge >= 0.3 is 6.16 Å². The van der Waals surface area contributed by atoms with Crippen molar-refractivity contribution in [1.82, 2.24) is 19.5 Å². The van der Waals surface area contributed by atoms with E-state index in [-0.39, 0.29) is 37.8 Å². The Morgan fingerprint density at radius 3 is 2.79 bits per heavy atom. The minimum atomic E-state index is -1.59. The maximum Gasteiger partial charge on any atom is 0.515 e. The molecule has 0 aliphatic heterocycles. The number of carbonyl (C=O) groups is 1. The molecule has 2 aromatic carbocycles. The van der Waals surface area contributed by atoms with Crippen molar-refractivity contribution in [2.75, 3.05) is 25.5 Å². The largest absolute Gasteiger partial charge is 0.515 e. The second-order valence-electron chi connectivity index (χ2n) is 7.89. The van der Waals surface area contributed by atoms with E-state index in [1.807, 2.05) is 43.3 Å². The second-order valence-corrected chi connectivity index (χ2v) is 10.2. The van der Waals surface area contributed by atoms with Gasteiger partial charge in [0.05, 0.1) is 19.5 Å². The van der Waals surface area contributed by atoms with E-state index >= 15 is 0 Å². The lowest BCUT2D eigenvalue weighted by Crippen LogP contribution is -2.14. The van der Waals surface area contributed by atoms with Gasteiger partial charge in [-0.3, -0.25) is 14.3 Å². The van der Waals surface area contributed by atoms with E-state index in [1.165, 1.54) is 6.33 Å². The molecule has 4 aromatic rings. The van der Waals surface area contributed by atoms with Crippen molar-refractivity contribution < 1.29 is 28.1 Å². The van der Waals surface area contributed by atoms with Crippen LogP contribution in [-0.2, 0) is 31.7 Å². The molecule has 0 aliphatic rings. The molecule has 0 aliphatic carbocycles. The SMILES string of the molecule is Cc1ccc(OC(=O)OCOP(COCCn2cnc3c(=O)[nH]c(N)nc32)OCc2cccc(Br)c2)cc1. The molecule has 0 bridgehead atoms. The van der Waals surface area contributed by atoms with E-state index in [1.54, 1.807) is 16.7 Å². The fourth-order valence-corrected chi connectivity index (χ4v) is 4.60. The number of hydrogen-bond donors (Lipinski definition) is 2. The van der Waals surface area contributed by atoms with Gasteiger partial charge in [-0.05, 0) is 36.8 Å². The smallest absolute Gasteiger partial charge is 0.406 e. The number of nitrogens with zero attached hydrogens (tertiary/aromatic N) is 3. The van der Waals surface area contributed by atoms with Gasteiger partial charge in [0.2, 0.25) is 21.1 Å². The molecule has 2 heterocycles. The van der Waals surface area contributed by atoms with Crippen LogP contribution >= 0.6 is 24.3 Å². The third-order valence-electron chi connectivity index (χ3n) is 5.03. The summed E-state index contributed by atoms with van der Waals surface area (Å²) in [6.45, 7) is 2.43. The van der Waals surface area contributed by atoms with Gasteiger partial charge in [-0.1, -0.05) is 45.8 Å². The number of benzene rings is 2. The number of nitrogen functional groups attached to an aromatic ring is 1. The summed E-state index contributed by atoms with van der Waals surface area (Å²) in [5.41, 5.74) is 7.74. The van der Waals surface area contributed by atoms with Gasteiger partial charge < -0.3 is 29.0 Å². The minimum absolute atomic E-state index is 0.00365. The molecule has 200 valence electrons.